The summed E-state index contributed by atoms with van der Waals surface area (Å²) in [6.45, 7) is 0. The highest BCUT2D eigenvalue weighted by Crippen LogP contribution is 2.55. The number of thioether (sulfide) groups is 1. The topological polar surface area (TPSA) is 136 Å². The predicted octanol–water partition coefficient (Wildman–Crippen LogP) is 3.44. The number of anilines is 1. The van der Waals surface area contributed by atoms with Crippen molar-refractivity contribution in [1.82, 2.24) is 0 Å². The summed E-state index contributed by atoms with van der Waals surface area (Å²) in [5.74, 6) is -2.36. The molecule has 0 unspecified atom stereocenters. The number of carbonyl (C=O) groups excluding carboxylic acids is 1. The van der Waals surface area contributed by atoms with Crippen molar-refractivity contribution >= 4 is 46.6 Å². The van der Waals surface area contributed by atoms with Gasteiger partial charge in [-0.05, 0) is 30.0 Å². The Bertz CT molecular complexity index is 1050. The van der Waals surface area contributed by atoms with Gasteiger partial charge in [0, 0.05) is 17.2 Å². The number of carboxylic acid groups (broad SMARTS) is 1. The van der Waals surface area contributed by atoms with Gasteiger partial charge in [-0.1, -0.05) is 24.3 Å². The number of aliphatic carboxylic acids is 1. The molecule has 2 aromatic rings. The van der Waals surface area contributed by atoms with Gasteiger partial charge in [-0.25, -0.2) is 4.79 Å². The van der Waals surface area contributed by atoms with E-state index in [2.05, 4.69) is 5.32 Å². The van der Waals surface area contributed by atoms with E-state index >= 15 is 0 Å². The van der Waals surface area contributed by atoms with Crippen LogP contribution in [0.3, 0.4) is 0 Å². The van der Waals surface area contributed by atoms with Crippen LogP contribution in [0.1, 0.15) is 28.3 Å². The molecule has 2 aromatic carbocycles. The summed E-state index contributed by atoms with van der Waals surface area (Å²) in [5, 5.41) is 23.4. The molecule has 156 valence electrons. The van der Waals surface area contributed by atoms with Crippen LogP contribution in [0.25, 0.3) is 0 Å². The number of carboxylic acids is 1. The highest BCUT2D eigenvalue weighted by atomic mass is 35.5. The molecule has 0 spiro atoms. The van der Waals surface area contributed by atoms with Crippen LogP contribution < -0.4 is 11.1 Å². The van der Waals surface area contributed by atoms with Crippen molar-refractivity contribution in [2.24, 2.45) is 11.7 Å². The number of primary amides is 1. The molecule has 8 nitrogen and oxygen atoms in total. The van der Waals surface area contributed by atoms with E-state index < -0.39 is 28.2 Å². The summed E-state index contributed by atoms with van der Waals surface area (Å²) >= 11 is 8.13. The van der Waals surface area contributed by atoms with Gasteiger partial charge in [0.15, 0.2) is 0 Å². The molecule has 4 rings (SSSR count). The third-order valence-corrected chi connectivity index (χ3v) is 7.83. The second-order valence-corrected chi connectivity index (χ2v) is 9.13. The second kappa shape index (κ2) is 7.81. The number of rotatable bonds is 5. The molecule has 1 aliphatic carbocycles. The zero-order valence-electron chi connectivity index (χ0n) is 15.5. The summed E-state index contributed by atoms with van der Waals surface area (Å²) in [4.78, 5) is 35.3. The zero-order valence-corrected chi connectivity index (χ0v) is 17.1. The van der Waals surface area contributed by atoms with Crippen LogP contribution >= 0.6 is 23.4 Å². The molecule has 1 heterocycles. The lowest BCUT2D eigenvalue weighted by molar-refractivity contribution is -0.387. The Morgan fingerprint density at radius 1 is 1.23 bits per heavy atom. The fourth-order valence-corrected chi connectivity index (χ4v) is 6.41. The van der Waals surface area contributed by atoms with Crippen LogP contribution in [0, 0.1) is 16.0 Å². The number of hydrogen-bond donors (Lipinski definition) is 3. The summed E-state index contributed by atoms with van der Waals surface area (Å²) in [5.41, 5.74) is 6.84. The number of amides is 1. The number of halogens is 1. The Labute approximate surface area is 180 Å². The second-order valence-electron chi connectivity index (χ2n) is 7.35. The van der Waals surface area contributed by atoms with Gasteiger partial charge in [0.05, 0.1) is 26.4 Å². The largest absolute Gasteiger partial charge is 0.480 e. The molecule has 1 fully saturated rings. The molecule has 1 aliphatic heterocycles. The summed E-state index contributed by atoms with van der Waals surface area (Å²) in [7, 11) is 0. The summed E-state index contributed by atoms with van der Waals surface area (Å²) in [6, 6.07) is 10.5. The number of alkyl halides is 1. The van der Waals surface area contributed by atoms with Gasteiger partial charge >= 0.3 is 5.97 Å². The standard InChI is InChI=1S/C20H18ClN3O5S/c21-16-14(30-13-7-2-1-6-12(13)24(28)29)8-11-15(16)9-4-3-5-10(19(22)25)17(9)23-18(11)20(26)27/h1-7,11,14-16,18,23H,8H2,(H2,22,25)(H,26,27)/t11-,14+,15+,16-,18+/m1/s1. The third kappa shape index (κ3) is 3.37. The van der Waals surface area contributed by atoms with Crippen LogP contribution in [-0.2, 0) is 4.79 Å². The fraction of sp³-hybridized carbons (Fsp3) is 0.300. The Balaban J connectivity index is 1.73. The van der Waals surface area contributed by atoms with E-state index in [0.29, 0.717) is 17.0 Å². The molecule has 2 aliphatic rings. The number of nitrogens with one attached hydrogen (secondary N) is 1. The monoisotopic (exact) mass is 447 g/mol. The van der Waals surface area contributed by atoms with Crippen molar-refractivity contribution in [1.29, 1.82) is 0 Å². The Kier molecular flexibility index (Phi) is 5.33. The molecule has 5 atom stereocenters. The lowest BCUT2D eigenvalue weighted by atomic mass is 9.78. The molecule has 30 heavy (non-hydrogen) atoms. The maximum absolute atomic E-state index is 12.0. The molecule has 0 aromatic heterocycles. The quantitative estimate of drug-likeness (QED) is 0.363. The van der Waals surface area contributed by atoms with Gasteiger partial charge in [-0.2, -0.15) is 0 Å². The average molecular weight is 448 g/mol. The first kappa shape index (κ1) is 20.5. The maximum atomic E-state index is 12.0. The Morgan fingerprint density at radius 3 is 2.63 bits per heavy atom. The van der Waals surface area contributed by atoms with E-state index in [9.17, 15) is 24.8 Å². The molecule has 0 radical (unpaired) electrons. The first-order chi connectivity index (χ1) is 14.3. The number of nitrogens with zero attached hydrogens (tertiary/aromatic N) is 1. The van der Waals surface area contributed by atoms with E-state index in [0.717, 1.165) is 5.56 Å². The minimum absolute atomic E-state index is 0.00874. The lowest BCUT2D eigenvalue weighted by Gasteiger charge is -2.36. The number of para-hydroxylation sites is 2. The number of carbonyl (C=O) groups is 2. The summed E-state index contributed by atoms with van der Waals surface area (Å²) in [6.07, 6.45) is 0.458. The van der Waals surface area contributed by atoms with Gasteiger partial charge in [0.2, 0.25) is 0 Å². The molecular weight excluding hydrogens is 430 g/mol. The number of hydrogen-bond acceptors (Lipinski definition) is 6. The van der Waals surface area contributed by atoms with Crippen molar-refractivity contribution in [3.05, 3.63) is 63.7 Å². The highest BCUT2D eigenvalue weighted by Gasteiger charge is 2.52. The first-order valence-corrected chi connectivity index (χ1v) is 10.6. The smallest absolute Gasteiger partial charge is 0.326 e. The molecule has 1 amide bonds. The van der Waals surface area contributed by atoms with E-state index in [1.54, 1.807) is 30.3 Å². The van der Waals surface area contributed by atoms with Crippen molar-refractivity contribution in [3.8, 4) is 0 Å². The van der Waals surface area contributed by atoms with Gasteiger partial charge in [0.1, 0.15) is 6.04 Å². The molecule has 0 bridgehead atoms. The molecule has 1 saturated carbocycles. The van der Waals surface area contributed by atoms with Crippen molar-refractivity contribution in [3.63, 3.8) is 0 Å². The molecule has 4 N–H and O–H groups in total. The molecule has 10 heteroatoms. The van der Waals surface area contributed by atoms with Crippen LogP contribution in [0.15, 0.2) is 47.4 Å². The minimum atomic E-state index is -1.05. The third-order valence-electron chi connectivity index (χ3n) is 5.72. The molecular formula is C20H18ClN3O5S. The van der Waals surface area contributed by atoms with Gasteiger partial charge in [-0.15, -0.1) is 23.4 Å². The number of nitro groups is 1. The van der Waals surface area contributed by atoms with Crippen molar-refractivity contribution in [2.45, 2.75) is 33.9 Å². The van der Waals surface area contributed by atoms with Crippen LogP contribution in [-0.4, -0.2) is 38.6 Å². The minimum Gasteiger partial charge on any atom is -0.480 e. The fourth-order valence-electron chi connectivity index (χ4n) is 4.46. The summed E-state index contributed by atoms with van der Waals surface area (Å²) < 4.78 is 0. The Morgan fingerprint density at radius 2 is 1.97 bits per heavy atom. The SMILES string of the molecule is NC(=O)c1cccc2c1N[C@H](C(=O)O)[C@@H]1C[C@H](Sc3ccccc3[N+](=O)[O-])[C@@H](Cl)[C@@H]21. The van der Waals surface area contributed by atoms with E-state index in [-0.39, 0.29) is 28.3 Å². The van der Waals surface area contributed by atoms with Crippen LogP contribution in [0.5, 0.6) is 0 Å². The molecule has 0 saturated heterocycles. The number of benzene rings is 2. The zero-order chi connectivity index (χ0) is 21.6. The van der Waals surface area contributed by atoms with Gasteiger partial charge in [-0.3, -0.25) is 14.9 Å². The average Bonchev–Trinajstić information content (AvgIpc) is 3.03. The van der Waals surface area contributed by atoms with E-state index in [4.69, 9.17) is 17.3 Å². The Hall–Kier alpha value is -2.78. The lowest BCUT2D eigenvalue weighted by Crippen LogP contribution is -2.43. The van der Waals surface area contributed by atoms with Gasteiger partial charge in [0.25, 0.3) is 11.6 Å². The highest BCUT2D eigenvalue weighted by molar-refractivity contribution is 8.00. The number of fused-ring (bicyclic) bond motifs is 3. The number of nitro benzene ring substituents is 1. The number of nitrogens with two attached hydrogens (primary N) is 1. The van der Waals surface area contributed by atoms with E-state index in [1.807, 2.05) is 6.07 Å². The maximum Gasteiger partial charge on any atom is 0.326 e. The first-order valence-electron chi connectivity index (χ1n) is 9.25. The van der Waals surface area contributed by atoms with Crippen LogP contribution in [0.2, 0.25) is 0 Å². The van der Waals surface area contributed by atoms with Crippen molar-refractivity contribution < 1.29 is 19.6 Å². The van der Waals surface area contributed by atoms with Crippen LogP contribution in [0.4, 0.5) is 11.4 Å². The van der Waals surface area contributed by atoms with E-state index in [1.165, 1.54) is 17.8 Å². The predicted molar refractivity (Wildman–Crippen MR) is 113 cm³/mol. The van der Waals surface area contributed by atoms with Gasteiger partial charge < -0.3 is 16.2 Å². The van der Waals surface area contributed by atoms with Crippen molar-refractivity contribution in [2.75, 3.05) is 5.32 Å². The normalized spacial score (nSPS) is 26.9.